The van der Waals surface area contributed by atoms with Crippen LogP contribution in [-0.2, 0) is 17.8 Å². The smallest absolute Gasteiger partial charge is 0.237 e. The van der Waals surface area contributed by atoms with Gasteiger partial charge in [-0.2, -0.15) is 0 Å². The number of β-amino-alcohol motifs (C(OH)–C–C–N with tert-alkyl or cyclic N) is 1. The third-order valence-electron chi connectivity index (χ3n) is 4.52. The summed E-state index contributed by atoms with van der Waals surface area (Å²) in [5, 5.41) is 12.0. The Morgan fingerprint density at radius 3 is 3.15 bits per heavy atom. The summed E-state index contributed by atoms with van der Waals surface area (Å²) in [7, 11) is 0. The number of fused-ring (bicyclic) bond motifs is 1. The van der Waals surface area contributed by atoms with Crippen molar-refractivity contribution in [1.82, 2.24) is 9.80 Å². The van der Waals surface area contributed by atoms with E-state index < -0.39 is 0 Å². The van der Waals surface area contributed by atoms with Crippen LogP contribution in [0.3, 0.4) is 0 Å². The second kappa shape index (κ2) is 5.84. The fourth-order valence-electron chi connectivity index (χ4n) is 3.01. The fourth-order valence-corrected chi connectivity index (χ4v) is 3.90. The highest BCUT2D eigenvalue weighted by Crippen LogP contribution is 2.24. The van der Waals surface area contributed by atoms with Crippen molar-refractivity contribution < 1.29 is 9.90 Å². The number of piperidine rings is 1. The highest BCUT2D eigenvalue weighted by molar-refractivity contribution is 7.10. The van der Waals surface area contributed by atoms with Crippen LogP contribution >= 0.6 is 11.3 Å². The Morgan fingerprint density at radius 1 is 1.50 bits per heavy atom. The molecular formula is C15H22N2O2S. The molecule has 1 N–H and O–H groups in total. The molecule has 5 heteroatoms. The molecule has 0 bridgehead atoms. The second-order valence-electron chi connectivity index (χ2n) is 6.00. The number of hydrogen-bond acceptors (Lipinski definition) is 4. The Kier molecular flexibility index (Phi) is 4.10. The van der Waals surface area contributed by atoms with Crippen LogP contribution in [0.25, 0.3) is 0 Å². The summed E-state index contributed by atoms with van der Waals surface area (Å²) in [6.07, 6.45) is 1.67. The van der Waals surface area contributed by atoms with E-state index in [1.807, 2.05) is 4.90 Å². The number of hydrogen-bond donors (Lipinski definition) is 1. The molecule has 0 spiro atoms. The number of thiophene rings is 1. The van der Waals surface area contributed by atoms with Crippen molar-refractivity contribution in [2.24, 2.45) is 5.92 Å². The average Bonchev–Trinajstić information content (AvgIpc) is 2.90. The van der Waals surface area contributed by atoms with E-state index in [1.54, 1.807) is 11.3 Å². The SMILES string of the molecule is CC1CCN(CC(=O)N2CCc3sccc3C2)CC1O. The first-order valence-electron chi connectivity index (χ1n) is 7.37. The van der Waals surface area contributed by atoms with Crippen molar-refractivity contribution in [1.29, 1.82) is 0 Å². The van der Waals surface area contributed by atoms with Gasteiger partial charge in [0.1, 0.15) is 0 Å². The lowest BCUT2D eigenvalue weighted by molar-refractivity contribution is -0.134. The molecule has 3 heterocycles. The van der Waals surface area contributed by atoms with Gasteiger partial charge in [0.2, 0.25) is 5.91 Å². The summed E-state index contributed by atoms with van der Waals surface area (Å²) in [5.41, 5.74) is 1.31. The third kappa shape index (κ3) is 2.90. The lowest BCUT2D eigenvalue weighted by Gasteiger charge is -2.35. The lowest BCUT2D eigenvalue weighted by Crippen LogP contribution is -2.48. The van der Waals surface area contributed by atoms with Crippen molar-refractivity contribution in [2.45, 2.75) is 32.4 Å². The number of aliphatic hydroxyl groups is 1. The molecule has 0 saturated carbocycles. The minimum absolute atomic E-state index is 0.198. The standard InChI is InChI=1S/C15H22N2O2S/c1-11-2-5-16(9-13(11)18)10-15(19)17-6-3-14-12(8-17)4-7-20-14/h4,7,11,13,18H,2-3,5-6,8-10H2,1H3. The number of amides is 1. The summed E-state index contributed by atoms with van der Waals surface area (Å²) in [4.78, 5) is 17.9. The van der Waals surface area contributed by atoms with Gasteiger partial charge >= 0.3 is 0 Å². The number of aliphatic hydroxyl groups excluding tert-OH is 1. The predicted octanol–water partition coefficient (Wildman–Crippen LogP) is 1.34. The number of likely N-dealkylation sites (tertiary alicyclic amines) is 1. The predicted molar refractivity (Wildman–Crippen MR) is 79.7 cm³/mol. The van der Waals surface area contributed by atoms with Crippen molar-refractivity contribution in [3.8, 4) is 0 Å². The van der Waals surface area contributed by atoms with E-state index >= 15 is 0 Å². The van der Waals surface area contributed by atoms with E-state index in [4.69, 9.17) is 0 Å². The maximum Gasteiger partial charge on any atom is 0.237 e. The highest BCUT2D eigenvalue weighted by Gasteiger charge is 2.28. The molecule has 2 aliphatic heterocycles. The molecule has 2 unspecified atom stereocenters. The van der Waals surface area contributed by atoms with Crippen LogP contribution in [0.4, 0.5) is 0 Å². The number of rotatable bonds is 2. The molecule has 4 nitrogen and oxygen atoms in total. The van der Waals surface area contributed by atoms with Gasteiger partial charge < -0.3 is 10.0 Å². The highest BCUT2D eigenvalue weighted by atomic mass is 32.1. The topological polar surface area (TPSA) is 43.8 Å². The monoisotopic (exact) mass is 294 g/mol. The van der Waals surface area contributed by atoms with E-state index in [0.717, 1.165) is 32.5 Å². The molecule has 0 aliphatic carbocycles. The molecule has 1 aromatic heterocycles. The number of nitrogens with zero attached hydrogens (tertiary/aromatic N) is 2. The van der Waals surface area contributed by atoms with Crippen LogP contribution in [0.15, 0.2) is 11.4 Å². The van der Waals surface area contributed by atoms with Crippen LogP contribution in [0.2, 0.25) is 0 Å². The maximum absolute atomic E-state index is 12.4. The Labute approximate surface area is 124 Å². The van der Waals surface area contributed by atoms with Crippen molar-refractivity contribution in [3.05, 3.63) is 21.9 Å². The molecule has 0 aromatic carbocycles. The molecule has 0 radical (unpaired) electrons. The van der Waals surface area contributed by atoms with E-state index in [1.165, 1.54) is 10.4 Å². The molecule has 3 rings (SSSR count). The van der Waals surface area contributed by atoms with Crippen molar-refractivity contribution in [2.75, 3.05) is 26.2 Å². The van der Waals surface area contributed by atoms with Crippen molar-refractivity contribution >= 4 is 17.2 Å². The first-order valence-corrected chi connectivity index (χ1v) is 8.25. The van der Waals surface area contributed by atoms with Crippen molar-refractivity contribution in [3.63, 3.8) is 0 Å². The van der Waals surface area contributed by atoms with Crippen LogP contribution in [0.1, 0.15) is 23.8 Å². The molecule has 110 valence electrons. The normalized spacial score (nSPS) is 27.4. The zero-order valence-corrected chi connectivity index (χ0v) is 12.7. The summed E-state index contributed by atoms with van der Waals surface area (Å²) in [5.74, 6) is 0.549. The molecule has 2 atom stereocenters. The summed E-state index contributed by atoms with van der Waals surface area (Å²) < 4.78 is 0. The minimum Gasteiger partial charge on any atom is -0.392 e. The molecule has 20 heavy (non-hydrogen) atoms. The molecule has 2 aliphatic rings. The van der Waals surface area contributed by atoms with Crippen LogP contribution in [0, 0.1) is 5.92 Å². The van der Waals surface area contributed by atoms with Crippen LogP contribution < -0.4 is 0 Å². The number of carbonyl (C=O) groups excluding carboxylic acids is 1. The van der Waals surface area contributed by atoms with Gasteiger partial charge in [0.25, 0.3) is 0 Å². The Balaban J connectivity index is 1.55. The van der Waals surface area contributed by atoms with E-state index in [0.29, 0.717) is 19.0 Å². The zero-order chi connectivity index (χ0) is 14.1. The summed E-state index contributed by atoms with van der Waals surface area (Å²) in [6.45, 7) is 5.66. The zero-order valence-electron chi connectivity index (χ0n) is 11.9. The molecule has 1 fully saturated rings. The minimum atomic E-state index is -0.290. The molecule has 1 aromatic rings. The van der Waals surface area contributed by atoms with Gasteiger partial charge in [0, 0.05) is 24.5 Å². The maximum atomic E-state index is 12.4. The van der Waals surface area contributed by atoms with Gasteiger partial charge in [-0.1, -0.05) is 6.92 Å². The Hall–Kier alpha value is -0.910. The van der Waals surface area contributed by atoms with Gasteiger partial charge in [0.05, 0.1) is 12.6 Å². The molecule has 1 saturated heterocycles. The Morgan fingerprint density at radius 2 is 2.35 bits per heavy atom. The van der Waals surface area contributed by atoms with E-state index in [-0.39, 0.29) is 12.0 Å². The van der Waals surface area contributed by atoms with E-state index in [9.17, 15) is 9.90 Å². The van der Waals surface area contributed by atoms with Gasteiger partial charge in [-0.25, -0.2) is 0 Å². The fraction of sp³-hybridized carbons (Fsp3) is 0.667. The second-order valence-corrected chi connectivity index (χ2v) is 7.00. The first kappa shape index (κ1) is 14.0. The quantitative estimate of drug-likeness (QED) is 0.895. The van der Waals surface area contributed by atoms with Gasteiger partial charge in [-0.05, 0) is 42.3 Å². The van der Waals surface area contributed by atoms with Crippen LogP contribution in [-0.4, -0.2) is 53.1 Å². The van der Waals surface area contributed by atoms with E-state index in [2.05, 4.69) is 23.3 Å². The van der Waals surface area contributed by atoms with Gasteiger partial charge in [-0.3, -0.25) is 9.69 Å². The number of carbonyl (C=O) groups is 1. The van der Waals surface area contributed by atoms with Crippen LogP contribution in [0.5, 0.6) is 0 Å². The Bertz CT molecular complexity index is 488. The largest absolute Gasteiger partial charge is 0.392 e. The average molecular weight is 294 g/mol. The summed E-state index contributed by atoms with van der Waals surface area (Å²) in [6, 6.07) is 2.13. The van der Waals surface area contributed by atoms with Gasteiger partial charge in [-0.15, -0.1) is 11.3 Å². The molecule has 1 amide bonds. The van der Waals surface area contributed by atoms with Gasteiger partial charge in [0.15, 0.2) is 0 Å². The summed E-state index contributed by atoms with van der Waals surface area (Å²) >= 11 is 1.79. The lowest BCUT2D eigenvalue weighted by atomic mass is 9.96. The third-order valence-corrected chi connectivity index (χ3v) is 5.55. The molecular weight excluding hydrogens is 272 g/mol. The first-order chi connectivity index (χ1) is 9.63.